The topological polar surface area (TPSA) is 72.5 Å². The van der Waals surface area contributed by atoms with Gasteiger partial charge in [0, 0.05) is 6.04 Å². The lowest BCUT2D eigenvalue weighted by Crippen LogP contribution is -2.14. The lowest BCUT2D eigenvalue weighted by Gasteiger charge is -2.11. The Bertz CT molecular complexity index is 368. The molecule has 0 saturated carbocycles. The van der Waals surface area contributed by atoms with E-state index in [1.54, 1.807) is 25.3 Å². The van der Waals surface area contributed by atoms with E-state index < -0.39 is 12.0 Å². The summed E-state index contributed by atoms with van der Waals surface area (Å²) in [5, 5.41) is 8.60. The number of nitrogens with two attached hydrogens (primary N) is 1. The molecule has 82 valence electrons. The van der Waals surface area contributed by atoms with Crippen LogP contribution < -0.4 is 10.5 Å². The molecule has 0 heterocycles. The fourth-order valence-electron chi connectivity index (χ4n) is 1.22. The zero-order valence-corrected chi connectivity index (χ0v) is 9.82. The SMILES string of the molecule is COc1ccc([C@@H](N)CC(=O)O)cc1Br. The molecule has 0 bridgehead atoms. The Hall–Kier alpha value is -1.07. The molecular weight excluding hydrogens is 262 g/mol. The third-order valence-corrected chi connectivity index (χ3v) is 2.62. The van der Waals surface area contributed by atoms with E-state index >= 15 is 0 Å². The Morgan fingerprint density at radius 1 is 1.67 bits per heavy atom. The van der Waals surface area contributed by atoms with Crippen molar-refractivity contribution in [1.82, 2.24) is 0 Å². The first-order valence-electron chi connectivity index (χ1n) is 4.35. The van der Waals surface area contributed by atoms with E-state index in [0.29, 0.717) is 5.75 Å². The van der Waals surface area contributed by atoms with Crippen molar-refractivity contribution in [2.75, 3.05) is 7.11 Å². The van der Waals surface area contributed by atoms with Crippen LogP contribution in [-0.4, -0.2) is 18.2 Å². The number of halogens is 1. The summed E-state index contributed by atoms with van der Waals surface area (Å²) in [5.74, 6) is -0.212. The molecule has 0 aliphatic heterocycles. The van der Waals surface area contributed by atoms with Crippen LogP contribution in [0.25, 0.3) is 0 Å². The van der Waals surface area contributed by atoms with Gasteiger partial charge in [-0.3, -0.25) is 4.79 Å². The molecule has 0 aromatic heterocycles. The van der Waals surface area contributed by atoms with Gasteiger partial charge in [-0.1, -0.05) is 6.07 Å². The summed E-state index contributed by atoms with van der Waals surface area (Å²) in [6.45, 7) is 0. The Kier molecular flexibility index (Phi) is 4.11. The number of aliphatic carboxylic acids is 1. The molecule has 0 radical (unpaired) electrons. The Morgan fingerprint density at radius 3 is 2.80 bits per heavy atom. The zero-order chi connectivity index (χ0) is 11.4. The molecule has 5 heteroatoms. The van der Waals surface area contributed by atoms with Gasteiger partial charge < -0.3 is 15.6 Å². The summed E-state index contributed by atoms with van der Waals surface area (Å²) in [5.41, 5.74) is 6.48. The fraction of sp³-hybridized carbons (Fsp3) is 0.300. The van der Waals surface area contributed by atoms with Gasteiger partial charge in [0.15, 0.2) is 0 Å². The number of carboxylic acid groups (broad SMARTS) is 1. The first kappa shape index (κ1) is 12.0. The van der Waals surface area contributed by atoms with Crippen LogP contribution in [-0.2, 0) is 4.79 Å². The number of methoxy groups -OCH3 is 1. The monoisotopic (exact) mass is 273 g/mol. The van der Waals surface area contributed by atoms with E-state index in [9.17, 15) is 4.79 Å². The van der Waals surface area contributed by atoms with Gasteiger partial charge in [-0.05, 0) is 33.6 Å². The van der Waals surface area contributed by atoms with Crippen molar-refractivity contribution in [3.8, 4) is 5.75 Å². The van der Waals surface area contributed by atoms with Gasteiger partial charge in [-0.2, -0.15) is 0 Å². The number of carboxylic acids is 1. The standard InChI is InChI=1S/C10H12BrNO3/c1-15-9-3-2-6(4-7(9)11)8(12)5-10(13)14/h2-4,8H,5,12H2,1H3,(H,13,14)/t8-/m0/s1. The van der Waals surface area contributed by atoms with Gasteiger partial charge in [-0.25, -0.2) is 0 Å². The number of carbonyl (C=O) groups is 1. The van der Waals surface area contributed by atoms with Crippen molar-refractivity contribution >= 4 is 21.9 Å². The van der Waals surface area contributed by atoms with Gasteiger partial charge in [0.05, 0.1) is 18.0 Å². The first-order valence-corrected chi connectivity index (χ1v) is 5.14. The molecule has 15 heavy (non-hydrogen) atoms. The summed E-state index contributed by atoms with van der Waals surface area (Å²) in [6, 6.07) is 4.79. The van der Waals surface area contributed by atoms with E-state index in [1.165, 1.54) is 0 Å². The summed E-state index contributed by atoms with van der Waals surface area (Å²) < 4.78 is 5.82. The number of ether oxygens (including phenoxy) is 1. The maximum atomic E-state index is 10.5. The average molecular weight is 274 g/mol. The third-order valence-electron chi connectivity index (χ3n) is 2.00. The summed E-state index contributed by atoms with van der Waals surface area (Å²) in [4.78, 5) is 10.5. The molecule has 1 atom stereocenters. The van der Waals surface area contributed by atoms with Crippen LogP contribution in [0.4, 0.5) is 0 Å². The Balaban J connectivity index is 2.87. The van der Waals surface area contributed by atoms with Crippen LogP contribution in [0.2, 0.25) is 0 Å². The predicted molar refractivity (Wildman–Crippen MR) is 59.9 cm³/mol. The maximum Gasteiger partial charge on any atom is 0.305 e. The van der Waals surface area contributed by atoms with E-state index in [4.69, 9.17) is 15.6 Å². The Morgan fingerprint density at radius 2 is 2.33 bits per heavy atom. The highest BCUT2D eigenvalue weighted by atomic mass is 79.9. The van der Waals surface area contributed by atoms with Gasteiger partial charge in [0.25, 0.3) is 0 Å². The quantitative estimate of drug-likeness (QED) is 0.880. The second kappa shape index (κ2) is 5.14. The van der Waals surface area contributed by atoms with E-state index in [0.717, 1.165) is 10.0 Å². The van der Waals surface area contributed by atoms with Crippen LogP contribution in [0.5, 0.6) is 5.75 Å². The van der Waals surface area contributed by atoms with E-state index in [2.05, 4.69) is 15.9 Å². The minimum Gasteiger partial charge on any atom is -0.496 e. The van der Waals surface area contributed by atoms with Crippen LogP contribution in [0.15, 0.2) is 22.7 Å². The molecule has 1 rings (SSSR count). The number of hydrogen-bond acceptors (Lipinski definition) is 3. The number of hydrogen-bond donors (Lipinski definition) is 2. The largest absolute Gasteiger partial charge is 0.496 e. The van der Waals surface area contributed by atoms with Crippen LogP contribution >= 0.6 is 15.9 Å². The van der Waals surface area contributed by atoms with Crippen molar-refractivity contribution in [2.24, 2.45) is 5.73 Å². The molecule has 0 saturated heterocycles. The van der Waals surface area contributed by atoms with Crippen molar-refractivity contribution in [1.29, 1.82) is 0 Å². The van der Waals surface area contributed by atoms with Crippen molar-refractivity contribution < 1.29 is 14.6 Å². The van der Waals surface area contributed by atoms with Gasteiger partial charge in [-0.15, -0.1) is 0 Å². The second-order valence-electron chi connectivity index (χ2n) is 3.10. The number of rotatable bonds is 4. The summed E-state index contributed by atoms with van der Waals surface area (Å²) in [7, 11) is 1.57. The molecule has 0 aliphatic rings. The zero-order valence-electron chi connectivity index (χ0n) is 8.24. The molecule has 1 aromatic carbocycles. The molecule has 1 aromatic rings. The van der Waals surface area contributed by atoms with Crippen molar-refractivity contribution in [3.63, 3.8) is 0 Å². The fourth-order valence-corrected chi connectivity index (χ4v) is 1.78. The highest BCUT2D eigenvalue weighted by Crippen LogP contribution is 2.28. The molecule has 0 amide bonds. The van der Waals surface area contributed by atoms with Crippen molar-refractivity contribution in [3.05, 3.63) is 28.2 Å². The minimum absolute atomic E-state index is 0.0846. The lowest BCUT2D eigenvalue weighted by atomic mass is 10.0. The summed E-state index contributed by atoms with van der Waals surface area (Å²) in [6.07, 6.45) is -0.0846. The summed E-state index contributed by atoms with van der Waals surface area (Å²) >= 11 is 3.31. The van der Waals surface area contributed by atoms with Gasteiger partial charge in [0.2, 0.25) is 0 Å². The van der Waals surface area contributed by atoms with Crippen LogP contribution in [0.1, 0.15) is 18.0 Å². The number of benzene rings is 1. The van der Waals surface area contributed by atoms with Crippen molar-refractivity contribution in [2.45, 2.75) is 12.5 Å². The molecule has 3 N–H and O–H groups in total. The smallest absolute Gasteiger partial charge is 0.305 e. The van der Waals surface area contributed by atoms with Gasteiger partial charge >= 0.3 is 5.97 Å². The lowest BCUT2D eigenvalue weighted by molar-refractivity contribution is -0.137. The molecule has 0 spiro atoms. The molecule has 0 unspecified atom stereocenters. The first-order chi connectivity index (χ1) is 7.04. The Labute approximate surface area is 96.2 Å². The predicted octanol–water partition coefficient (Wildman–Crippen LogP) is 1.93. The van der Waals surface area contributed by atoms with E-state index in [1.807, 2.05) is 0 Å². The third kappa shape index (κ3) is 3.21. The average Bonchev–Trinajstić information content (AvgIpc) is 2.16. The normalized spacial score (nSPS) is 12.2. The van der Waals surface area contributed by atoms with E-state index in [-0.39, 0.29) is 6.42 Å². The maximum absolute atomic E-state index is 10.5. The minimum atomic E-state index is -0.908. The van der Waals surface area contributed by atoms with Crippen LogP contribution in [0, 0.1) is 0 Å². The molecule has 0 aliphatic carbocycles. The highest BCUT2D eigenvalue weighted by Gasteiger charge is 2.12. The second-order valence-corrected chi connectivity index (χ2v) is 3.95. The molecular formula is C10H12BrNO3. The molecule has 0 fully saturated rings. The highest BCUT2D eigenvalue weighted by molar-refractivity contribution is 9.10. The van der Waals surface area contributed by atoms with Gasteiger partial charge in [0.1, 0.15) is 5.75 Å². The molecule has 4 nitrogen and oxygen atoms in total. The van der Waals surface area contributed by atoms with Crippen LogP contribution in [0.3, 0.4) is 0 Å².